The van der Waals surface area contributed by atoms with Crippen molar-refractivity contribution in [3.05, 3.63) is 29.8 Å². The molecule has 0 aliphatic heterocycles. The molecule has 1 rings (SSSR count). The molecule has 1 aromatic rings. The lowest BCUT2D eigenvalue weighted by molar-refractivity contribution is -0.141. The molecule has 3 atom stereocenters. The Morgan fingerprint density at radius 1 is 1.08 bits per heavy atom. The molecule has 0 aliphatic rings. The molecule has 10 heteroatoms. The van der Waals surface area contributed by atoms with Crippen LogP contribution < -0.4 is 16.4 Å². The lowest BCUT2D eigenvalue weighted by atomic mass is 10.0. The molecule has 0 bridgehead atoms. The molecule has 0 fully saturated rings. The number of amides is 2. The topological polar surface area (TPSA) is 162 Å². The lowest BCUT2D eigenvalue weighted by Crippen LogP contribution is -2.56. The maximum absolute atomic E-state index is 12.4. The number of carbonyl (C=O) groups is 3. The van der Waals surface area contributed by atoms with Crippen molar-refractivity contribution in [2.45, 2.75) is 24.5 Å². The number of phenols is 1. The number of carboxylic acid groups (broad SMARTS) is 1. The van der Waals surface area contributed by atoms with E-state index >= 15 is 0 Å². The van der Waals surface area contributed by atoms with Gasteiger partial charge >= 0.3 is 5.97 Å². The Hall–Kier alpha value is -2.30. The van der Waals surface area contributed by atoms with Gasteiger partial charge in [0.2, 0.25) is 11.8 Å². The van der Waals surface area contributed by atoms with E-state index in [1.54, 1.807) is 12.1 Å². The van der Waals surface area contributed by atoms with Gasteiger partial charge in [-0.1, -0.05) is 12.1 Å². The van der Waals surface area contributed by atoms with Crippen molar-refractivity contribution in [2.24, 2.45) is 5.73 Å². The number of nitrogens with one attached hydrogen (secondary N) is 2. The first-order chi connectivity index (χ1) is 11.8. The van der Waals surface area contributed by atoms with Gasteiger partial charge in [-0.2, -0.15) is 12.6 Å². The van der Waals surface area contributed by atoms with Gasteiger partial charge < -0.3 is 31.7 Å². The van der Waals surface area contributed by atoms with E-state index in [0.717, 1.165) is 0 Å². The zero-order valence-corrected chi connectivity index (χ0v) is 14.1. The quantitative estimate of drug-likeness (QED) is 0.253. The van der Waals surface area contributed by atoms with Gasteiger partial charge in [0.15, 0.2) is 0 Å². The highest BCUT2D eigenvalue weighted by molar-refractivity contribution is 7.80. The normalized spacial score (nSPS) is 14.2. The van der Waals surface area contributed by atoms with E-state index in [1.807, 2.05) is 0 Å². The number of hydrogen-bond acceptors (Lipinski definition) is 7. The van der Waals surface area contributed by atoms with Gasteiger partial charge in [0.1, 0.15) is 23.9 Å². The smallest absolute Gasteiger partial charge is 0.327 e. The molecule has 1 aromatic carbocycles. The van der Waals surface area contributed by atoms with E-state index in [2.05, 4.69) is 23.3 Å². The number of aliphatic carboxylic acids is 1. The molecule has 25 heavy (non-hydrogen) atoms. The summed E-state index contributed by atoms with van der Waals surface area (Å²) in [4.78, 5) is 35.3. The van der Waals surface area contributed by atoms with Crippen LogP contribution in [0.2, 0.25) is 0 Å². The van der Waals surface area contributed by atoms with E-state index in [4.69, 9.17) is 15.9 Å². The van der Waals surface area contributed by atoms with Crippen molar-refractivity contribution in [1.29, 1.82) is 0 Å². The van der Waals surface area contributed by atoms with Crippen molar-refractivity contribution in [1.82, 2.24) is 10.6 Å². The van der Waals surface area contributed by atoms with Crippen LogP contribution in [0.3, 0.4) is 0 Å². The van der Waals surface area contributed by atoms with Crippen LogP contribution in [0.25, 0.3) is 0 Å². The minimum absolute atomic E-state index is 0.0366. The van der Waals surface area contributed by atoms with Crippen LogP contribution in [0, 0.1) is 0 Å². The number of aliphatic hydroxyl groups is 1. The fourth-order valence-electron chi connectivity index (χ4n) is 1.90. The summed E-state index contributed by atoms with van der Waals surface area (Å²) in [5, 5.41) is 31.9. The van der Waals surface area contributed by atoms with Crippen LogP contribution in [0.4, 0.5) is 0 Å². The molecule has 0 saturated carbocycles. The third-order valence-corrected chi connectivity index (χ3v) is 3.70. The van der Waals surface area contributed by atoms with Gasteiger partial charge in [-0.25, -0.2) is 4.79 Å². The Morgan fingerprint density at radius 3 is 2.12 bits per heavy atom. The van der Waals surface area contributed by atoms with Crippen molar-refractivity contribution in [2.75, 3.05) is 12.4 Å². The summed E-state index contributed by atoms with van der Waals surface area (Å²) in [5.41, 5.74) is 6.04. The van der Waals surface area contributed by atoms with E-state index in [-0.39, 0.29) is 17.9 Å². The Balaban J connectivity index is 2.92. The number of thiol groups is 1. The van der Waals surface area contributed by atoms with Gasteiger partial charge in [-0.05, 0) is 17.7 Å². The lowest BCUT2D eigenvalue weighted by Gasteiger charge is -2.22. The van der Waals surface area contributed by atoms with Gasteiger partial charge in [-0.15, -0.1) is 0 Å². The van der Waals surface area contributed by atoms with Gasteiger partial charge in [0, 0.05) is 12.2 Å². The fraction of sp³-hybridized carbons (Fsp3) is 0.400. The summed E-state index contributed by atoms with van der Waals surface area (Å²) in [6.45, 7) is -0.603. The molecule has 138 valence electrons. The SMILES string of the molecule is N[C@@H](CO)C(=O)N[C@@H](Cc1ccc(O)cc1)C(=O)N[C@@H](CS)C(=O)O. The number of phenolic OH excluding ortho intramolecular Hbond substituents is 1. The molecule has 7 N–H and O–H groups in total. The zero-order valence-electron chi connectivity index (χ0n) is 13.3. The summed E-state index contributed by atoms with van der Waals surface area (Å²) in [6, 6.07) is 2.40. The van der Waals surface area contributed by atoms with Gasteiger partial charge in [0.25, 0.3) is 0 Å². The average Bonchev–Trinajstić information content (AvgIpc) is 2.59. The second kappa shape index (κ2) is 9.87. The zero-order chi connectivity index (χ0) is 19.0. The van der Waals surface area contributed by atoms with Crippen LogP contribution in [0.1, 0.15) is 5.56 Å². The molecule has 0 heterocycles. The van der Waals surface area contributed by atoms with E-state index in [0.29, 0.717) is 5.56 Å². The second-order valence-corrected chi connectivity index (χ2v) is 5.67. The highest BCUT2D eigenvalue weighted by Crippen LogP contribution is 2.11. The number of aliphatic hydroxyl groups excluding tert-OH is 1. The number of rotatable bonds is 9. The monoisotopic (exact) mass is 371 g/mol. The summed E-state index contributed by atoms with van der Waals surface area (Å²) < 4.78 is 0. The maximum Gasteiger partial charge on any atom is 0.327 e. The summed E-state index contributed by atoms with van der Waals surface area (Å²) >= 11 is 3.86. The minimum atomic E-state index is -1.26. The molecule has 0 radical (unpaired) electrons. The van der Waals surface area contributed by atoms with Crippen molar-refractivity contribution in [3.8, 4) is 5.75 Å². The molecule has 0 spiro atoms. The highest BCUT2D eigenvalue weighted by Gasteiger charge is 2.27. The third kappa shape index (κ3) is 6.61. The first kappa shape index (κ1) is 20.7. The van der Waals surface area contributed by atoms with Crippen molar-refractivity contribution < 1.29 is 29.7 Å². The molecule has 2 amide bonds. The number of carbonyl (C=O) groups excluding carboxylic acids is 2. The molecule has 0 unspecified atom stereocenters. The van der Waals surface area contributed by atoms with E-state index in [9.17, 15) is 19.5 Å². The van der Waals surface area contributed by atoms with Crippen LogP contribution in [-0.4, -0.2) is 63.6 Å². The average molecular weight is 371 g/mol. The van der Waals surface area contributed by atoms with E-state index in [1.165, 1.54) is 12.1 Å². The molecule has 0 aliphatic carbocycles. The minimum Gasteiger partial charge on any atom is -0.508 e. The highest BCUT2D eigenvalue weighted by atomic mass is 32.1. The standard InChI is InChI=1S/C15H21N3O6S/c16-10(6-19)13(21)17-11(5-8-1-3-9(20)4-2-8)14(22)18-12(7-25)15(23)24/h1-4,10-12,19-20,25H,5-7,16H2,(H,17,21)(H,18,22)(H,23,24)/t10-,11-,12-/m0/s1. The number of carboxylic acids is 1. The summed E-state index contributed by atoms with van der Waals surface area (Å²) in [6.07, 6.45) is 0.0366. The Labute approximate surface area is 149 Å². The Morgan fingerprint density at radius 2 is 1.64 bits per heavy atom. The molecule has 0 saturated heterocycles. The summed E-state index contributed by atoms with van der Waals surface area (Å²) in [7, 11) is 0. The fourth-order valence-corrected chi connectivity index (χ4v) is 2.14. The maximum atomic E-state index is 12.4. The number of hydrogen-bond donors (Lipinski definition) is 7. The van der Waals surface area contributed by atoms with Crippen molar-refractivity contribution in [3.63, 3.8) is 0 Å². The van der Waals surface area contributed by atoms with Gasteiger partial charge in [-0.3, -0.25) is 9.59 Å². The Bertz CT molecular complexity index is 610. The van der Waals surface area contributed by atoms with Crippen LogP contribution in [0.15, 0.2) is 24.3 Å². The number of aromatic hydroxyl groups is 1. The van der Waals surface area contributed by atoms with Crippen LogP contribution >= 0.6 is 12.6 Å². The molecular weight excluding hydrogens is 350 g/mol. The largest absolute Gasteiger partial charge is 0.508 e. The summed E-state index contributed by atoms with van der Waals surface area (Å²) in [5.74, 6) is -2.83. The van der Waals surface area contributed by atoms with E-state index < -0.39 is 42.5 Å². The van der Waals surface area contributed by atoms with Gasteiger partial charge in [0.05, 0.1) is 6.61 Å². The first-order valence-electron chi connectivity index (χ1n) is 7.37. The second-order valence-electron chi connectivity index (χ2n) is 5.30. The van der Waals surface area contributed by atoms with Crippen LogP contribution in [0.5, 0.6) is 5.75 Å². The first-order valence-corrected chi connectivity index (χ1v) is 8.00. The van der Waals surface area contributed by atoms with Crippen molar-refractivity contribution >= 4 is 30.4 Å². The number of benzene rings is 1. The number of nitrogens with two attached hydrogens (primary N) is 1. The predicted molar refractivity (Wildman–Crippen MR) is 92.2 cm³/mol. The molecule has 9 nitrogen and oxygen atoms in total. The third-order valence-electron chi connectivity index (χ3n) is 3.34. The van der Waals surface area contributed by atoms with Crippen LogP contribution in [-0.2, 0) is 20.8 Å². The predicted octanol–water partition coefficient (Wildman–Crippen LogP) is -1.76. The molecular formula is C15H21N3O6S. The molecule has 0 aromatic heterocycles. The Kier molecular flexibility index (Phi) is 8.19.